The quantitative estimate of drug-likeness (QED) is 0.732. The predicted molar refractivity (Wildman–Crippen MR) is 112 cm³/mol. The van der Waals surface area contributed by atoms with Crippen LogP contribution in [-0.2, 0) is 20.8 Å². The van der Waals surface area contributed by atoms with E-state index in [1.165, 1.54) is 21.8 Å². The monoisotopic (exact) mass is 411 g/mol. The SMILES string of the molecule is CCc1ccc(-c2csc(NC(=O)CCN3C(=O)C4CCCCC4C3=O)n2)cc1. The molecular formula is C22H25N3O3S. The maximum absolute atomic E-state index is 12.5. The third-order valence-electron chi connectivity index (χ3n) is 5.90. The standard InChI is InChI=1S/C22H25N3O3S/c1-2-14-7-9-15(10-8-14)18-13-29-22(23-18)24-19(26)11-12-25-20(27)16-5-3-4-6-17(16)21(25)28/h7-10,13,16-17H,2-6,11-12H2,1H3,(H,23,24,26). The second kappa shape index (κ2) is 8.45. The van der Waals surface area contributed by atoms with Crippen LogP contribution >= 0.6 is 11.3 Å². The Hall–Kier alpha value is -2.54. The summed E-state index contributed by atoms with van der Waals surface area (Å²) in [5.74, 6) is -0.762. The minimum atomic E-state index is -0.234. The molecule has 0 bridgehead atoms. The molecule has 6 nitrogen and oxygen atoms in total. The number of fused-ring (bicyclic) bond motifs is 1. The van der Waals surface area contributed by atoms with Gasteiger partial charge in [0, 0.05) is 23.9 Å². The van der Waals surface area contributed by atoms with Gasteiger partial charge in [-0.2, -0.15) is 0 Å². The van der Waals surface area contributed by atoms with Gasteiger partial charge in [0.05, 0.1) is 17.5 Å². The first-order valence-corrected chi connectivity index (χ1v) is 11.1. The number of aryl methyl sites for hydroxylation is 1. The molecule has 29 heavy (non-hydrogen) atoms. The zero-order valence-electron chi connectivity index (χ0n) is 16.5. The van der Waals surface area contributed by atoms with Crippen LogP contribution < -0.4 is 5.32 Å². The number of amides is 3. The molecule has 2 atom stereocenters. The number of carbonyl (C=O) groups excluding carboxylic acids is 3. The second-order valence-electron chi connectivity index (χ2n) is 7.71. The van der Waals surface area contributed by atoms with Crippen molar-refractivity contribution in [2.24, 2.45) is 11.8 Å². The number of hydrogen-bond donors (Lipinski definition) is 1. The van der Waals surface area contributed by atoms with Crippen LogP contribution in [0.1, 0.15) is 44.6 Å². The molecule has 2 fully saturated rings. The number of carbonyl (C=O) groups is 3. The van der Waals surface area contributed by atoms with Crippen molar-refractivity contribution in [1.29, 1.82) is 0 Å². The third kappa shape index (κ3) is 4.10. The van der Waals surface area contributed by atoms with E-state index in [2.05, 4.69) is 29.4 Å². The highest BCUT2D eigenvalue weighted by atomic mass is 32.1. The van der Waals surface area contributed by atoms with Gasteiger partial charge in [-0.15, -0.1) is 11.3 Å². The summed E-state index contributed by atoms with van der Waals surface area (Å²) in [5, 5.41) is 5.23. The Labute approximate surface area is 174 Å². The highest BCUT2D eigenvalue weighted by Gasteiger charge is 2.47. The van der Waals surface area contributed by atoms with Crippen LogP contribution in [0.2, 0.25) is 0 Å². The average molecular weight is 412 g/mol. The van der Waals surface area contributed by atoms with Crippen LogP contribution in [0.15, 0.2) is 29.6 Å². The van der Waals surface area contributed by atoms with Crippen molar-refractivity contribution in [2.45, 2.75) is 45.4 Å². The molecule has 1 aromatic carbocycles. The lowest BCUT2D eigenvalue weighted by Gasteiger charge is -2.19. The topological polar surface area (TPSA) is 79.4 Å². The smallest absolute Gasteiger partial charge is 0.233 e. The predicted octanol–water partition coefficient (Wildman–Crippen LogP) is 3.88. The van der Waals surface area contributed by atoms with Gasteiger partial charge in [-0.05, 0) is 24.8 Å². The van der Waals surface area contributed by atoms with E-state index in [-0.39, 0.29) is 42.5 Å². The van der Waals surface area contributed by atoms with Crippen molar-refractivity contribution in [2.75, 3.05) is 11.9 Å². The number of likely N-dealkylation sites (tertiary alicyclic amines) is 1. The lowest BCUT2D eigenvalue weighted by Crippen LogP contribution is -2.34. The van der Waals surface area contributed by atoms with Gasteiger partial charge in [-0.25, -0.2) is 4.98 Å². The first-order chi connectivity index (χ1) is 14.1. The van der Waals surface area contributed by atoms with Crippen LogP contribution in [0.3, 0.4) is 0 Å². The minimum Gasteiger partial charge on any atom is -0.302 e. The molecular weight excluding hydrogens is 386 g/mol. The van der Waals surface area contributed by atoms with Gasteiger partial charge in [0.1, 0.15) is 0 Å². The van der Waals surface area contributed by atoms with E-state index in [0.29, 0.717) is 5.13 Å². The first kappa shape index (κ1) is 19.8. The normalized spacial score (nSPS) is 21.3. The van der Waals surface area contributed by atoms with Crippen LogP contribution in [0.4, 0.5) is 5.13 Å². The molecule has 2 unspecified atom stereocenters. The highest BCUT2D eigenvalue weighted by molar-refractivity contribution is 7.14. The fraction of sp³-hybridized carbons (Fsp3) is 0.455. The summed E-state index contributed by atoms with van der Waals surface area (Å²) in [6.45, 7) is 2.26. The van der Waals surface area contributed by atoms with E-state index in [4.69, 9.17) is 0 Å². The van der Waals surface area contributed by atoms with Crippen LogP contribution in [0.5, 0.6) is 0 Å². The summed E-state index contributed by atoms with van der Waals surface area (Å²) in [4.78, 5) is 43.1. The van der Waals surface area contributed by atoms with Crippen LogP contribution in [0.25, 0.3) is 11.3 Å². The number of nitrogens with zero attached hydrogens (tertiary/aromatic N) is 2. The molecule has 0 spiro atoms. The number of imide groups is 1. The van der Waals surface area contributed by atoms with Crippen LogP contribution in [-0.4, -0.2) is 34.2 Å². The molecule has 3 amide bonds. The summed E-state index contributed by atoms with van der Waals surface area (Å²) >= 11 is 1.37. The maximum Gasteiger partial charge on any atom is 0.233 e. The Balaban J connectivity index is 1.33. The Morgan fingerprint density at radius 1 is 1.14 bits per heavy atom. The zero-order chi connectivity index (χ0) is 20.4. The summed E-state index contributed by atoms with van der Waals surface area (Å²) in [5.41, 5.74) is 3.10. The van der Waals surface area contributed by atoms with E-state index < -0.39 is 0 Å². The van der Waals surface area contributed by atoms with Gasteiger partial charge in [0.25, 0.3) is 0 Å². The van der Waals surface area contributed by atoms with Crippen molar-refractivity contribution in [3.05, 3.63) is 35.2 Å². The fourth-order valence-corrected chi connectivity index (χ4v) is 4.96. The first-order valence-electron chi connectivity index (χ1n) is 10.3. The Morgan fingerprint density at radius 2 is 1.79 bits per heavy atom. The van der Waals surface area contributed by atoms with E-state index in [0.717, 1.165) is 43.4 Å². The Kier molecular flexibility index (Phi) is 5.76. The molecule has 2 aromatic rings. The molecule has 1 N–H and O–H groups in total. The van der Waals surface area contributed by atoms with Gasteiger partial charge in [0.2, 0.25) is 17.7 Å². The van der Waals surface area contributed by atoms with Crippen LogP contribution in [0, 0.1) is 11.8 Å². The molecule has 1 aliphatic heterocycles. The minimum absolute atomic E-state index is 0.0943. The number of aromatic nitrogens is 1. The number of thiazole rings is 1. The van der Waals surface area contributed by atoms with Gasteiger partial charge >= 0.3 is 0 Å². The molecule has 2 heterocycles. The molecule has 1 aliphatic carbocycles. The molecule has 4 rings (SSSR count). The fourth-order valence-electron chi connectivity index (χ4n) is 4.22. The van der Waals surface area contributed by atoms with Crippen molar-refractivity contribution < 1.29 is 14.4 Å². The number of rotatable bonds is 6. The summed E-state index contributed by atoms with van der Waals surface area (Å²) in [6, 6.07) is 8.22. The van der Waals surface area contributed by atoms with Gasteiger partial charge in [0.15, 0.2) is 5.13 Å². The van der Waals surface area contributed by atoms with E-state index in [1.54, 1.807) is 0 Å². The molecule has 7 heteroatoms. The van der Waals surface area contributed by atoms with Gasteiger partial charge < -0.3 is 5.32 Å². The zero-order valence-corrected chi connectivity index (χ0v) is 17.3. The van der Waals surface area contributed by atoms with Gasteiger partial charge in [-0.3, -0.25) is 19.3 Å². The number of anilines is 1. The Morgan fingerprint density at radius 3 is 2.41 bits per heavy atom. The number of hydrogen-bond acceptors (Lipinski definition) is 5. The number of nitrogens with one attached hydrogen (secondary N) is 1. The maximum atomic E-state index is 12.5. The van der Waals surface area contributed by atoms with Crippen molar-refractivity contribution in [3.8, 4) is 11.3 Å². The second-order valence-corrected chi connectivity index (χ2v) is 8.57. The molecule has 0 radical (unpaired) electrons. The van der Waals surface area contributed by atoms with E-state index in [1.807, 2.05) is 17.5 Å². The summed E-state index contributed by atoms with van der Waals surface area (Å²) < 4.78 is 0. The van der Waals surface area contributed by atoms with Gasteiger partial charge in [-0.1, -0.05) is 44.0 Å². The van der Waals surface area contributed by atoms with Crippen molar-refractivity contribution >= 4 is 34.2 Å². The van der Waals surface area contributed by atoms with E-state index >= 15 is 0 Å². The van der Waals surface area contributed by atoms with E-state index in [9.17, 15) is 14.4 Å². The summed E-state index contributed by atoms with van der Waals surface area (Å²) in [7, 11) is 0. The highest BCUT2D eigenvalue weighted by Crippen LogP contribution is 2.38. The molecule has 152 valence electrons. The Bertz CT molecular complexity index is 898. The van der Waals surface area contributed by atoms with Crippen molar-refractivity contribution in [1.82, 2.24) is 9.88 Å². The largest absolute Gasteiger partial charge is 0.302 e. The molecule has 1 saturated carbocycles. The average Bonchev–Trinajstić information content (AvgIpc) is 3.30. The van der Waals surface area contributed by atoms with Crippen molar-refractivity contribution in [3.63, 3.8) is 0 Å². The third-order valence-corrected chi connectivity index (χ3v) is 6.66. The lowest BCUT2D eigenvalue weighted by molar-refractivity contribution is -0.140. The lowest BCUT2D eigenvalue weighted by atomic mass is 9.81. The molecule has 2 aliphatic rings. The molecule has 1 aromatic heterocycles. The summed E-state index contributed by atoms with van der Waals surface area (Å²) in [6.07, 6.45) is 4.67. The molecule has 1 saturated heterocycles. The number of benzene rings is 1.